The molecular weight excluding hydrogens is 246 g/mol. The number of hydrogen-bond donors (Lipinski definition) is 2. The molecule has 0 aromatic rings. The smallest absolute Gasteiger partial charge is 0.239 e. The molecule has 0 bridgehead atoms. The number of carbonyl (C=O) groups excluding carboxylic acids is 2. The van der Waals surface area contributed by atoms with E-state index in [1.54, 1.807) is 12.0 Å². The summed E-state index contributed by atoms with van der Waals surface area (Å²) in [6.07, 6.45) is 2.79. The van der Waals surface area contributed by atoms with Crippen LogP contribution in [0.1, 0.15) is 19.3 Å². The van der Waals surface area contributed by atoms with Crippen molar-refractivity contribution in [1.29, 1.82) is 0 Å². The van der Waals surface area contributed by atoms with Crippen LogP contribution in [-0.2, 0) is 14.3 Å². The van der Waals surface area contributed by atoms with Gasteiger partial charge < -0.3 is 20.3 Å². The van der Waals surface area contributed by atoms with Crippen LogP contribution in [0.15, 0.2) is 0 Å². The molecule has 0 aromatic carbocycles. The van der Waals surface area contributed by atoms with Gasteiger partial charge >= 0.3 is 0 Å². The molecule has 2 amide bonds. The number of methoxy groups -OCH3 is 1. The maximum absolute atomic E-state index is 12.1. The van der Waals surface area contributed by atoms with Gasteiger partial charge in [-0.15, -0.1) is 0 Å². The monoisotopic (exact) mass is 269 g/mol. The van der Waals surface area contributed by atoms with E-state index in [0.29, 0.717) is 19.7 Å². The zero-order valence-electron chi connectivity index (χ0n) is 11.5. The first-order chi connectivity index (χ1) is 9.22. The second kappa shape index (κ2) is 6.86. The third kappa shape index (κ3) is 3.67. The van der Waals surface area contributed by atoms with Gasteiger partial charge in [0.25, 0.3) is 0 Å². The molecule has 6 heteroatoms. The summed E-state index contributed by atoms with van der Waals surface area (Å²) in [5.41, 5.74) is 0. The number of carbonyl (C=O) groups is 2. The average molecular weight is 269 g/mol. The molecule has 0 saturated carbocycles. The van der Waals surface area contributed by atoms with Crippen molar-refractivity contribution in [2.24, 2.45) is 5.92 Å². The lowest BCUT2D eigenvalue weighted by atomic mass is 9.94. The Bertz CT molecular complexity index is 335. The first-order valence-corrected chi connectivity index (χ1v) is 7.00. The second-order valence-electron chi connectivity index (χ2n) is 5.22. The molecule has 0 radical (unpaired) electrons. The van der Waals surface area contributed by atoms with Crippen molar-refractivity contribution in [3.05, 3.63) is 0 Å². The van der Waals surface area contributed by atoms with Gasteiger partial charge in [-0.2, -0.15) is 0 Å². The predicted octanol–water partition coefficient (Wildman–Crippen LogP) is -0.650. The van der Waals surface area contributed by atoms with Crippen LogP contribution in [0.3, 0.4) is 0 Å². The van der Waals surface area contributed by atoms with Crippen molar-refractivity contribution in [3.63, 3.8) is 0 Å². The molecule has 0 aliphatic carbocycles. The molecule has 2 rings (SSSR count). The first-order valence-electron chi connectivity index (χ1n) is 7.00. The van der Waals surface area contributed by atoms with E-state index >= 15 is 0 Å². The molecule has 19 heavy (non-hydrogen) atoms. The average Bonchev–Trinajstić information content (AvgIpc) is 2.72. The largest absolute Gasteiger partial charge is 0.385 e. The number of amides is 2. The van der Waals surface area contributed by atoms with Gasteiger partial charge in [-0.1, -0.05) is 0 Å². The Morgan fingerprint density at radius 3 is 3.16 bits per heavy atom. The number of nitrogens with zero attached hydrogens (tertiary/aromatic N) is 1. The number of ether oxygens (including phenoxy) is 1. The van der Waals surface area contributed by atoms with Gasteiger partial charge in [-0.25, -0.2) is 0 Å². The van der Waals surface area contributed by atoms with Crippen LogP contribution < -0.4 is 10.6 Å². The van der Waals surface area contributed by atoms with Crippen LogP contribution in [0.2, 0.25) is 0 Å². The normalized spacial score (nSPS) is 26.4. The molecule has 2 unspecified atom stereocenters. The van der Waals surface area contributed by atoms with E-state index in [0.717, 1.165) is 25.8 Å². The van der Waals surface area contributed by atoms with Crippen molar-refractivity contribution in [2.45, 2.75) is 25.3 Å². The summed E-state index contributed by atoms with van der Waals surface area (Å²) in [6, 6.07) is 0.238. The molecule has 2 aliphatic heterocycles. The third-order valence-electron chi connectivity index (χ3n) is 3.81. The number of piperidine rings is 1. The minimum atomic E-state index is -0.0805. The Kier molecular flexibility index (Phi) is 5.15. The Hall–Kier alpha value is -1.14. The van der Waals surface area contributed by atoms with E-state index in [-0.39, 0.29) is 30.3 Å². The quantitative estimate of drug-likeness (QED) is 0.629. The van der Waals surface area contributed by atoms with Gasteiger partial charge in [0.1, 0.15) is 0 Å². The van der Waals surface area contributed by atoms with Crippen LogP contribution in [-0.4, -0.2) is 62.7 Å². The van der Waals surface area contributed by atoms with E-state index in [2.05, 4.69) is 10.6 Å². The molecule has 2 fully saturated rings. The molecule has 2 aliphatic rings. The lowest BCUT2D eigenvalue weighted by molar-refractivity contribution is -0.135. The molecule has 2 atom stereocenters. The molecule has 2 heterocycles. The highest BCUT2D eigenvalue weighted by Crippen LogP contribution is 2.25. The summed E-state index contributed by atoms with van der Waals surface area (Å²) >= 11 is 0. The molecule has 108 valence electrons. The zero-order chi connectivity index (χ0) is 13.7. The Balaban J connectivity index is 1.73. The summed E-state index contributed by atoms with van der Waals surface area (Å²) < 4.78 is 4.91. The van der Waals surface area contributed by atoms with Crippen molar-refractivity contribution in [1.82, 2.24) is 15.5 Å². The number of nitrogens with one attached hydrogen (secondary N) is 2. The molecule has 2 saturated heterocycles. The Morgan fingerprint density at radius 2 is 2.42 bits per heavy atom. The molecule has 6 nitrogen and oxygen atoms in total. The Morgan fingerprint density at radius 1 is 1.58 bits per heavy atom. The van der Waals surface area contributed by atoms with Crippen LogP contribution in [0.4, 0.5) is 0 Å². The number of likely N-dealkylation sites (tertiary alicyclic amines) is 1. The van der Waals surface area contributed by atoms with Gasteiger partial charge in [0.05, 0.1) is 12.5 Å². The number of fused-ring (bicyclic) bond motifs is 1. The van der Waals surface area contributed by atoms with Gasteiger partial charge in [0.15, 0.2) is 0 Å². The van der Waals surface area contributed by atoms with Crippen molar-refractivity contribution >= 4 is 11.8 Å². The molecule has 2 N–H and O–H groups in total. The minimum absolute atomic E-state index is 0.0787. The van der Waals surface area contributed by atoms with E-state index in [9.17, 15) is 9.59 Å². The van der Waals surface area contributed by atoms with E-state index in [1.165, 1.54) is 0 Å². The summed E-state index contributed by atoms with van der Waals surface area (Å²) in [5.74, 6) is 0.127. The fourth-order valence-corrected chi connectivity index (χ4v) is 2.82. The maximum Gasteiger partial charge on any atom is 0.239 e. The lowest BCUT2D eigenvalue weighted by Crippen LogP contribution is -2.41. The number of rotatable bonds is 6. The highest BCUT2D eigenvalue weighted by atomic mass is 16.5. The summed E-state index contributed by atoms with van der Waals surface area (Å²) in [4.78, 5) is 25.6. The molecular formula is C13H23N3O3. The van der Waals surface area contributed by atoms with E-state index in [1.807, 2.05) is 0 Å². The van der Waals surface area contributed by atoms with Crippen molar-refractivity contribution in [3.8, 4) is 0 Å². The summed E-state index contributed by atoms with van der Waals surface area (Å²) in [7, 11) is 1.64. The van der Waals surface area contributed by atoms with Crippen molar-refractivity contribution in [2.75, 3.05) is 39.9 Å². The third-order valence-corrected chi connectivity index (χ3v) is 3.81. The maximum atomic E-state index is 12.1. The Labute approximate surface area is 113 Å². The lowest BCUT2D eigenvalue weighted by Gasteiger charge is -2.23. The topological polar surface area (TPSA) is 70.7 Å². The summed E-state index contributed by atoms with van der Waals surface area (Å²) in [6.45, 7) is 3.05. The van der Waals surface area contributed by atoms with Crippen LogP contribution in [0.25, 0.3) is 0 Å². The molecule has 0 spiro atoms. The zero-order valence-corrected chi connectivity index (χ0v) is 11.5. The number of hydrogen-bond acceptors (Lipinski definition) is 4. The SMILES string of the molecule is COCCCNC(=O)CN1CC2NCCCC2C1=O. The van der Waals surface area contributed by atoms with Gasteiger partial charge in [-0.05, 0) is 25.8 Å². The van der Waals surface area contributed by atoms with E-state index < -0.39 is 0 Å². The van der Waals surface area contributed by atoms with Crippen LogP contribution >= 0.6 is 0 Å². The van der Waals surface area contributed by atoms with Gasteiger partial charge in [0, 0.05) is 32.8 Å². The minimum Gasteiger partial charge on any atom is -0.385 e. The first kappa shape index (κ1) is 14.3. The highest BCUT2D eigenvalue weighted by molar-refractivity contribution is 5.88. The highest BCUT2D eigenvalue weighted by Gasteiger charge is 2.41. The van der Waals surface area contributed by atoms with Gasteiger partial charge in [-0.3, -0.25) is 9.59 Å². The molecule has 0 aromatic heterocycles. The van der Waals surface area contributed by atoms with Crippen LogP contribution in [0.5, 0.6) is 0 Å². The van der Waals surface area contributed by atoms with Gasteiger partial charge in [0.2, 0.25) is 11.8 Å². The second-order valence-corrected chi connectivity index (χ2v) is 5.22. The van der Waals surface area contributed by atoms with Crippen molar-refractivity contribution < 1.29 is 14.3 Å². The van der Waals surface area contributed by atoms with Crippen LogP contribution in [0, 0.1) is 5.92 Å². The standard InChI is InChI=1S/C13H23N3O3/c1-19-7-3-6-15-12(17)9-16-8-11-10(13(16)18)4-2-5-14-11/h10-11,14H,2-9H2,1H3,(H,15,17). The summed E-state index contributed by atoms with van der Waals surface area (Å²) in [5, 5.41) is 6.18. The fraction of sp³-hybridized carbons (Fsp3) is 0.846. The predicted molar refractivity (Wildman–Crippen MR) is 70.6 cm³/mol. The van der Waals surface area contributed by atoms with E-state index in [4.69, 9.17) is 4.74 Å². The fourth-order valence-electron chi connectivity index (χ4n) is 2.82.